The maximum absolute atomic E-state index is 13.4. The number of Topliss-reactive ketones (excluding diaryl/α,β-unsaturated/α-hetero) is 1. The predicted octanol–water partition coefficient (Wildman–Crippen LogP) is 4.57. The topological polar surface area (TPSA) is 119 Å². The monoisotopic (exact) mass is 571 g/mol. The first-order valence-corrected chi connectivity index (χ1v) is 14.1. The van der Waals surface area contributed by atoms with Crippen molar-refractivity contribution in [2.75, 3.05) is 33.7 Å². The number of nitrogens with zero attached hydrogens (tertiary/aromatic N) is 1. The summed E-state index contributed by atoms with van der Waals surface area (Å²) < 4.78 is 33.9. The molecule has 0 unspecified atom stereocenters. The van der Waals surface area contributed by atoms with Gasteiger partial charge in [0.1, 0.15) is 6.10 Å². The van der Waals surface area contributed by atoms with Crippen LogP contribution in [0.1, 0.15) is 62.5 Å². The van der Waals surface area contributed by atoms with Gasteiger partial charge in [0, 0.05) is 38.1 Å². The minimum atomic E-state index is -0.865. The lowest BCUT2D eigenvalue weighted by atomic mass is 9.91. The molecule has 0 amide bonds. The number of carbonyl (C=O) groups is 3. The van der Waals surface area contributed by atoms with Gasteiger partial charge in [0.2, 0.25) is 6.79 Å². The van der Waals surface area contributed by atoms with E-state index in [0.29, 0.717) is 19.6 Å². The molecule has 1 saturated heterocycles. The van der Waals surface area contributed by atoms with Gasteiger partial charge in [-0.1, -0.05) is 50.1 Å². The number of cyclic esters (lactones) is 1. The van der Waals surface area contributed by atoms with E-state index >= 15 is 0 Å². The number of unbranched alkanes of at least 4 members (excludes halogenated alkanes) is 2. The molecule has 1 aromatic carbocycles. The third-order valence-corrected chi connectivity index (χ3v) is 6.86. The molecule has 1 aliphatic heterocycles. The fraction of sp³-hybridized carbons (Fsp3) is 0.548. The van der Waals surface area contributed by atoms with Crippen molar-refractivity contribution in [2.45, 2.75) is 65.1 Å². The molecule has 41 heavy (non-hydrogen) atoms. The smallest absolute Gasteiger partial charge is 0.312 e. The highest BCUT2D eigenvalue weighted by molar-refractivity contribution is 5.99. The zero-order valence-electron chi connectivity index (χ0n) is 24.3. The SMILES string of the molecule is CCCCCO[C@@H]1[C@@H](Cc2ccccc2)COC[C@H](CC(=O)c2nccc(OC)c2OCOC(C)=O)C(=O)O[C@H]1C. The lowest BCUT2D eigenvalue weighted by molar-refractivity contribution is -0.162. The number of carbonyl (C=O) groups excluding carboxylic acids is 3. The number of ketones is 1. The second-order valence-electron chi connectivity index (χ2n) is 10.1. The minimum absolute atomic E-state index is 0.00125. The van der Waals surface area contributed by atoms with Gasteiger partial charge in [-0.25, -0.2) is 4.98 Å². The van der Waals surface area contributed by atoms with Crippen molar-refractivity contribution < 1.29 is 42.8 Å². The number of hydrogen-bond donors (Lipinski definition) is 0. The Bertz CT molecular complexity index is 1120. The first kappa shape index (κ1) is 32.0. The zero-order valence-corrected chi connectivity index (χ0v) is 24.3. The summed E-state index contributed by atoms with van der Waals surface area (Å²) in [6, 6.07) is 11.6. The van der Waals surface area contributed by atoms with Crippen molar-refractivity contribution in [1.82, 2.24) is 4.98 Å². The molecule has 10 heteroatoms. The van der Waals surface area contributed by atoms with Crippen LogP contribution in [0.2, 0.25) is 0 Å². The molecule has 0 saturated carbocycles. The van der Waals surface area contributed by atoms with Crippen LogP contribution in [0, 0.1) is 11.8 Å². The van der Waals surface area contributed by atoms with E-state index in [1.807, 2.05) is 25.1 Å². The summed E-state index contributed by atoms with van der Waals surface area (Å²) in [5, 5.41) is 0. The Kier molecular flexibility index (Phi) is 13.0. The highest BCUT2D eigenvalue weighted by Crippen LogP contribution is 2.32. The molecular weight excluding hydrogens is 530 g/mol. The van der Waals surface area contributed by atoms with Gasteiger partial charge in [0.25, 0.3) is 0 Å². The minimum Gasteiger partial charge on any atom is -0.493 e. The molecule has 1 aromatic heterocycles. The van der Waals surface area contributed by atoms with E-state index in [2.05, 4.69) is 24.0 Å². The van der Waals surface area contributed by atoms with E-state index in [1.54, 1.807) is 0 Å². The molecule has 0 N–H and O–H groups in total. The Labute approximate surface area is 241 Å². The summed E-state index contributed by atoms with van der Waals surface area (Å²) >= 11 is 0. The number of aromatic nitrogens is 1. The predicted molar refractivity (Wildman–Crippen MR) is 150 cm³/mol. The van der Waals surface area contributed by atoms with Crippen LogP contribution in [-0.2, 0) is 35.0 Å². The largest absolute Gasteiger partial charge is 0.493 e. The summed E-state index contributed by atoms with van der Waals surface area (Å²) in [5.41, 5.74) is 1.09. The number of benzene rings is 1. The molecule has 2 aromatic rings. The van der Waals surface area contributed by atoms with Crippen LogP contribution in [0.15, 0.2) is 42.6 Å². The van der Waals surface area contributed by atoms with Gasteiger partial charge in [-0.15, -0.1) is 0 Å². The molecule has 1 aliphatic rings. The van der Waals surface area contributed by atoms with Crippen molar-refractivity contribution in [3.05, 3.63) is 53.9 Å². The number of hydrogen-bond acceptors (Lipinski definition) is 10. The number of esters is 2. The quantitative estimate of drug-likeness (QED) is 0.138. The van der Waals surface area contributed by atoms with Gasteiger partial charge in [0.05, 0.1) is 32.3 Å². The summed E-state index contributed by atoms with van der Waals surface area (Å²) in [7, 11) is 1.42. The van der Waals surface area contributed by atoms with Crippen LogP contribution in [0.5, 0.6) is 11.5 Å². The average Bonchev–Trinajstić information content (AvgIpc) is 3.00. The first-order valence-electron chi connectivity index (χ1n) is 14.1. The molecular formula is C31H41NO9. The van der Waals surface area contributed by atoms with Gasteiger partial charge in [0.15, 0.2) is 23.0 Å². The molecule has 3 rings (SSSR count). The summed E-state index contributed by atoms with van der Waals surface area (Å²) in [5.74, 6) is -2.21. The Morgan fingerprint density at radius 1 is 1.10 bits per heavy atom. The van der Waals surface area contributed by atoms with Crippen molar-refractivity contribution in [3.63, 3.8) is 0 Å². The van der Waals surface area contributed by atoms with Crippen LogP contribution in [0.4, 0.5) is 0 Å². The maximum atomic E-state index is 13.4. The van der Waals surface area contributed by atoms with Gasteiger partial charge in [-0.05, 0) is 25.3 Å². The van der Waals surface area contributed by atoms with Crippen LogP contribution >= 0.6 is 0 Å². The van der Waals surface area contributed by atoms with Gasteiger partial charge >= 0.3 is 11.9 Å². The number of ether oxygens (including phenoxy) is 6. The molecule has 0 bridgehead atoms. The number of methoxy groups -OCH3 is 1. The Morgan fingerprint density at radius 3 is 2.59 bits per heavy atom. The van der Waals surface area contributed by atoms with Gasteiger partial charge in [-0.3, -0.25) is 14.4 Å². The Balaban J connectivity index is 1.77. The molecule has 0 spiro atoms. The van der Waals surface area contributed by atoms with Crippen molar-refractivity contribution in [1.29, 1.82) is 0 Å². The van der Waals surface area contributed by atoms with Gasteiger partial charge in [-0.2, -0.15) is 0 Å². The third-order valence-electron chi connectivity index (χ3n) is 6.86. The van der Waals surface area contributed by atoms with E-state index < -0.39 is 36.5 Å². The molecule has 224 valence electrons. The fourth-order valence-corrected chi connectivity index (χ4v) is 4.75. The van der Waals surface area contributed by atoms with E-state index in [0.717, 1.165) is 24.8 Å². The van der Waals surface area contributed by atoms with Crippen LogP contribution in [-0.4, -0.2) is 68.6 Å². The Hall–Kier alpha value is -3.50. The molecule has 1 fully saturated rings. The first-order chi connectivity index (χ1) is 19.8. The van der Waals surface area contributed by atoms with Crippen molar-refractivity contribution in [3.8, 4) is 11.5 Å². The van der Waals surface area contributed by atoms with Crippen LogP contribution in [0.3, 0.4) is 0 Å². The third kappa shape index (κ3) is 9.82. The maximum Gasteiger partial charge on any atom is 0.312 e. The molecule has 0 aliphatic carbocycles. The van der Waals surface area contributed by atoms with E-state index in [1.165, 1.54) is 26.3 Å². The Morgan fingerprint density at radius 2 is 1.88 bits per heavy atom. The summed E-state index contributed by atoms with van der Waals surface area (Å²) in [6.07, 6.45) is 4.00. The van der Waals surface area contributed by atoms with Crippen molar-refractivity contribution in [2.24, 2.45) is 11.8 Å². The van der Waals surface area contributed by atoms with E-state index in [4.69, 9.17) is 28.4 Å². The highest BCUT2D eigenvalue weighted by atomic mass is 16.7. The van der Waals surface area contributed by atoms with Crippen LogP contribution < -0.4 is 9.47 Å². The number of pyridine rings is 1. The van der Waals surface area contributed by atoms with E-state index in [-0.39, 0.29) is 42.2 Å². The van der Waals surface area contributed by atoms with E-state index in [9.17, 15) is 14.4 Å². The summed E-state index contributed by atoms with van der Waals surface area (Å²) in [4.78, 5) is 42.0. The lowest BCUT2D eigenvalue weighted by Crippen LogP contribution is -2.40. The van der Waals surface area contributed by atoms with Crippen molar-refractivity contribution >= 4 is 17.7 Å². The lowest BCUT2D eigenvalue weighted by Gasteiger charge is -2.31. The fourth-order valence-electron chi connectivity index (χ4n) is 4.75. The molecule has 10 nitrogen and oxygen atoms in total. The second kappa shape index (κ2) is 16.7. The standard InChI is InChI=1S/C31H41NO9/c1-5-6-10-15-38-29-21(2)41-31(35)25(19-37-18-24(29)16-23-11-8-7-9-12-23)17-26(34)28-30(40-20-39-22(3)33)27(36-4)13-14-32-28/h7-9,11-14,21,24-25,29H,5-6,10,15-20H2,1-4H3/t21-,24-,25-,29-/m0/s1. The summed E-state index contributed by atoms with van der Waals surface area (Å²) in [6.45, 7) is 5.68. The molecule has 2 heterocycles. The average molecular weight is 572 g/mol. The molecule has 0 radical (unpaired) electrons. The zero-order chi connectivity index (χ0) is 29.6. The molecule has 4 atom stereocenters. The second-order valence-corrected chi connectivity index (χ2v) is 10.1. The number of rotatable bonds is 14. The highest BCUT2D eigenvalue weighted by Gasteiger charge is 2.36. The normalized spacial score (nSPS) is 21.1. The van der Waals surface area contributed by atoms with Gasteiger partial charge < -0.3 is 28.4 Å². The van der Waals surface area contributed by atoms with Crippen LogP contribution in [0.25, 0.3) is 0 Å².